The molecule has 0 aromatic rings. The number of carbonyl (C=O) groups excluding carboxylic acids is 1. The standard InChI is InChI=1S/C9H18N2O2/c1-11(2)8-6-7(4-5-10-8)9(12)13-3/h7-8,10H,4-6H2,1-3H3. The Hall–Kier alpha value is -0.610. The van der Waals surface area contributed by atoms with Gasteiger partial charge in [-0.05, 0) is 33.5 Å². The van der Waals surface area contributed by atoms with Gasteiger partial charge in [0.05, 0.1) is 19.2 Å². The SMILES string of the molecule is COC(=O)C1CCNC(N(C)C)C1. The average molecular weight is 186 g/mol. The molecule has 0 aliphatic carbocycles. The molecule has 0 amide bonds. The summed E-state index contributed by atoms with van der Waals surface area (Å²) in [6, 6.07) is 0. The first-order chi connectivity index (χ1) is 6.15. The summed E-state index contributed by atoms with van der Waals surface area (Å²) in [7, 11) is 5.48. The van der Waals surface area contributed by atoms with Gasteiger partial charge in [0.15, 0.2) is 0 Å². The maximum absolute atomic E-state index is 11.3. The second-order valence-electron chi connectivity index (χ2n) is 3.68. The molecule has 1 aliphatic heterocycles. The summed E-state index contributed by atoms with van der Waals surface area (Å²) in [5.74, 6) is -0.00741. The molecule has 1 heterocycles. The Labute approximate surface area is 79.2 Å². The molecular formula is C9H18N2O2. The van der Waals surface area contributed by atoms with E-state index in [1.165, 1.54) is 7.11 Å². The predicted octanol–water partition coefficient (Wildman–Crippen LogP) is 0.0467. The van der Waals surface area contributed by atoms with Gasteiger partial charge in [0.2, 0.25) is 0 Å². The minimum atomic E-state index is -0.0756. The minimum absolute atomic E-state index is 0.0682. The van der Waals surface area contributed by atoms with Gasteiger partial charge in [-0.25, -0.2) is 0 Å². The number of hydrogen-bond donors (Lipinski definition) is 1. The zero-order valence-electron chi connectivity index (χ0n) is 8.54. The minimum Gasteiger partial charge on any atom is -0.469 e. The number of nitrogens with one attached hydrogen (secondary N) is 1. The smallest absolute Gasteiger partial charge is 0.308 e. The van der Waals surface area contributed by atoms with Crippen LogP contribution in [-0.4, -0.2) is 44.8 Å². The van der Waals surface area contributed by atoms with Crippen LogP contribution in [0.3, 0.4) is 0 Å². The number of hydrogen-bond acceptors (Lipinski definition) is 4. The van der Waals surface area contributed by atoms with Gasteiger partial charge in [-0.3, -0.25) is 9.69 Å². The summed E-state index contributed by atoms with van der Waals surface area (Å²) in [4.78, 5) is 13.4. The second-order valence-corrected chi connectivity index (χ2v) is 3.68. The third-order valence-electron chi connectivity index (χ3n) is 2.54. The lowest BCUT2D eigenvalue weighted by Crippen LogP contribution is -2.48. The van der Waals surface area contributed by atoms with E-state index in [1.807, 2.05) is 14.1 Å². The summed E-state index contributed by atoms with van der Waals surface area (Å²) in [6.45, 7) is 0.891. The van der Waals surface area contributed by atoms with Crippen LogP contribution in [0.25, 0.3) is 0 Å². The van der Waals surface area contributed by atoms with Gasteiger partial charge < -0.3 is 10.1 Å². The quantitative estimate of drug-likeness (QED) is 0.619. The van der Waals surface area contributed by atoms with E-state index in [0.717, 1.165) is 19.4 Å². The van der Waals surface area contributed by atoms with Gasteiger partial charge in [-0.15, -0.1) is 0 Å². The van der Waals surface area contributed by atoms with Crippen molar-refractivity contribution in [1.82, 2.24) is 10.2 Å². The Morgan fingerprint density at radius 1 is 1.54 bits per heavy atom. The molecule has 0 aromatic heterocycles. The Kier molecular flexibility index (Phi) is 3.69. The lowest BCUT2D eigenvalue weighted by Gasteiger charge is -2.33. The van der Waals surface area contributed by atoms with Crippen molar-refractivity contribution in [3.8, 4) is 0 Å². The molecule has 1 aliphatic rings. The summed E-state index contributed by atoms with van der Waals surface area (Å²) in [5.41, 5.74) is 0. The van der Waals surface area contributed by atoms with Crippen LogP contribution in [0.5, 0.6) is 0 Å². The van der Waals surface area contributed by atoms with Crippen molar-refractivity contribution in [3.05, 3.63) is 0 Å². The van der Waals surface area contributed by atoms with E-state index in [-0.39, 0.29) is 11.9 Å². The molecule has 1 fully saturated rings. The lowest BCUT2D eigenvalue weighted by atomic mass is 9.96. The van der Waals surface area contributed by atoms with Crippen molar-refractivity contribution in [2.45, 2.75) is 19.0 Å². The van der Waals surface area contributed by atoms with E-state index in [9.17, 15) is 4.79 Å². The van der Waals surface area contributed by atoms with Gasteiger partial charge in [0.25, 0.3) is 0 Å². The molecule has 1 N–H and O–H groups in total. The number of methoxy groups -OCH3 is 1. The number of carbonyl (C=O) groups is 1. The Morgan fingerprint density at radius 2 is 2.23 bits per heavy atom. The molecule has 13 heavy (non-hydrogen) atoms. The van der Waals surface area contributed by atoms with Gasteiger partial charge in [0.1, 0.15) is 0 Å². The molecule has 2 unspecified atom stereocenters. The second kappa shape index (κ2) is 4.58. The summed E-state index contributed by atoms with van der Waals surface area (Å²) >= 11 is 0. The fourth-order valence-electron chi connectivity index (χ4n) is 1.67. The Bertz CT molecular complexity index is 182. The molecule has 76 valence electrons. The van der Waals surface area contributed by atoms with Crippen molar-refractivity contribution >= 4 is 5.97 Å². The molecule has 0 spiro atoms. The number of esters is 1. The van der Waals surface area contributed by atoms with Crippen molar-refractivity contribution in [2.24, 2.45) is 5.92 Å². The van der Waals surface area contributed by atoms with Crippen molar-refractivity contribution < 1.29 is 9.53 Å². The molecule has 0 aromatic carbocycles. The molecule has 0 saturated carbocycles. The molecule has 1 saturated heterocycles. The van der Waals surface area contributed by atoms with Crippen molar-refractivity contribution in [1.29, 1.82) is 0 Å². The van der Waals surface area contributed by atoms with E-state index in [2.05, 4.69) is 10.2 Å². The average Bonchev–Trinajstić information content (AvgIpc) is 2.17. The van der Waals surface area contributed by atoms with Crippen LogP contribution in [0.4, 0.5) is 0 Å². The molecule has 2 atom stereocenters. The highest BCUT2D eigenvalue weighted by Gasteiger charge is 2.28. The first-order valence-corrected chi connectivity index (χ1v) is 4.62. The topological polar surface area (TPSA) is 41.6 Å². The first-order valence-electron chi connectivity index (χ1n) is 4.62. The Morgan fingerprint density at radius 3 is 2.77 bits per heavy atom. The zero-order valence-corrected chi connectivity index (χ0v) is 8.54. The van der Waals surface area contributed by atoms with Crippen LogP contribution in [0.2, 0.25) is 0 Å². The number of rotatable bonds is 2. The summed E-state index contributed by atoms with van der Waals surface area (Å²) in [5, 5.41) is 3.35. The number of ether oxygens (including phenoxy) is 1. The molecular weight excluding hydrogens is 168 g/mol. The fourth-order valence-corrected chi connectivity index (χ4v) is 1.67. The van der Waals surface area contributed by atoms with E-state index < -0.39 is 0 Å². The van der Waals surface area contributed by atoms with Crippen LogP contribution in [-0.2, 0) is 9.53 Å². The van der Waals surface area contributed by atoms with Crippen LogP contribution in [0, 0.1) is 5.92 Å². The predicted molar refractivity (Wildman–Crippen MR) is 50.2 cm³/mol. The van der Waals surface area contributed by atoms with E-state index >= 15 is 0 Å². The van der Waals surface area contributed by atoms with E-state index in [0.29, 0.717) is 6.17 Å². The Balaban J connectivity index is 2.46. The van der Waals surface area contributed by atoms with Crippen molar-refractivity contribution in [3.63, 3.8) is 0 Å². The van der Waals surface area contributed by atoms with Crippen LogP contribution in [0.15, 0.2) is 0 Å². The van der Waals surface area contributed by atoms with Crippen LogP contribution < -0.4 is 5.32 Å². The van der Waals surface area contributed by atoms with Gasteiger partial charge >= 0.3 is 5.97 Å². The molecule has 1 rings (SSSR count). The highest BCUT2D eigenvalue weighted by molar-refractivity contribution is 5.72. The molecule has 4 heteroatoms. The number of nitrogens with zero attached hydrogens (tertiary/aromatic N) is 1. The van der Waals surface area contributed by atoms with E-state index in [1.54, 1.807) is 0 Å². The number of piperidine rings is 1. The lowest BCUT2D eigenvalue weighted by molar-refractivity contribution is -0.147. The van der Waals surface area contributed by atoms with Gasteiger partial charge in [-0.1, -0.05) is 0 Å². The largest absolute Gasteiger partial charge is 0.469 e. The zero-order chi connectivity index (χ0) is 9.84. The first kappa shape index (κ1) is 10.5. The summed E-state index contributed by atoms with van der Waals surface area (Å²) < 4.78 is 4.73. The van der Waals surface area contributed by atoms with Gasteiger partial charge in [-0.2, -0.15) is 0 Å². The summed E-state index contributed by atoms with van der Waals surface area (Å²) in [6.07, 6.45) is 2.04. The monoisotopic (exact) mass is 186 g/mol. The molecule has 0 radical (unpaired) electrons. The van der Waals surface area contributed by atoms with Crippen molar-refractivity contribution in [2.75, 3.05) is 27.7 Å². The third-order valence-corrected chi connectivity index (χ3v) is 2.54. The maximum Gasteiger partial charge on any atom is 0.308 e. The van der Waals surface area contributed by atoms with Crippen LogP contribution >= 0.6 is 0 Å². The highest BCUT2D eigenvalue weighted by atomic mass is 16.5. The van der Waals surface area contributed by atoms with Crippen LogP contribution in [0.1, 0.15) is 12.8 Å². The normalized spacial score (nSPS) is 28.9. The maximum atomic E-state index is 11.3. The fraction of sp³-hybridized carbons (Fsp3) is 0.889. The highest BCUT2D eigenvalue weighted by Crippen LogP contribution is 2.18. The molecule has 4 nitrogen and oxygen atoms in total. The molecule has 0 bridgehead atoms. The van der Waals surface area contributed by atoms with Gasteiger partial charge in [0, 0.05) is 0 Å². The third kappa shape index (κ3) is 2.67. The van der Waals surface area contributed by atoms with E-state index in [4.69, 9.17) is 4.74 Å².